The van der Waals surface area contributed by atoms with E-state index in [2.05, 4.69) is 15.3 Å². The number of likely N-dealkylation sites (N-methyl/N-ethyl adjacent to an activating group) is 1. The minimum absolute atomic E-state index is 0.0344. The van der Waals surface area contributed by atoms with Gasteiger partial charge in [0.05, 0.1) is 16.3 Å². The van der Waals surface area contributed by atoms with Crippen LogP contribution in [0.15, 0.2) is 6.20 Å². The number of aryl methyl sites for hydroxylation is 2. The highest BCUT2D eigenvalue weighted by Crippen LogP contribution is 2.39. The van der Waals surface area contributed by atoms with Gasteiger partial charge in [0.25, 0.3) is 0 Å². The Kier molecular flexibility index (Phi) is 4.06. The van der Waals surface area contributed by atoms with Crippen LogP contribution in [0.3, 0.4) is 0 Å². The van der Waals surface area contributed by atoms with E-state index >= 15 is 0 Å². The molecule has 3 N–H and O–H groups in total. The lowest BCUT2D eigenvalue weighted by Gasteiger charge is -2.37. The van der Waals surface area contributed by atoms with E-state index in [-0.39, 0.29) is 28.4 Å². The molecule has 3 heterocycles. The highest BCUT2D eigenvalue weighted by Gasteiger charge is 2.49. The molecule has 1 aliphatic carbocycles. The maximum Gasteiger partial charge on any atom is 0.324 e. The molecule has 2 aromatic rings. The number of hydrogen-bond donors (Lipinski definition) is 2. The van der Waals surface area contributed by atoms with Gasteiger partial charge in [-0.05, 0) is 45.2 Å². The van der Waals surface area contributed by atoms with Crippen LogP contribution >= 0.6 is 11.3 Å². The Bertz CT molecular complexity index is 1240. The van der Waals surface area contributed by atoms with Crippen molar-refractivity contribution in [1.29, 1.82) is 0 Å². The molecule has 1 fully saturated rings. The van der Waals surface area contributed by atoms with E-state index in [1.165, 1.54) is 11.3 Å². The number of nitrogens with one attached hydrogen (secondary N) is 1. The Balaban J connectivity index is 1.62. The molecular formula is C22H31N7O2S. The number of primary amides is 1. The molecule has 0 spiro atoms. The highest BCUT2D eigenvalue weighted by molar-refractivity contribution is 7.19. The Labute approximate surface area is 200 Å². The van der Waals surface area contributed by atoms with Crippen LogP contribution < -0.4 is 11.1 Å². The normalized spacial score (nSPS) is 23.8. The number of carbonyl (C=O) groups excluding carboxylic acids is 2. The third-order valence-corrected chi connectivity index (χ3v) is 6.92. The number of thiazole rings is 1. The molecule has 4 rings (SSSR count). The number of aromatic nitrogens is 3. The lowest BCUT2D eigenvalue weighted by atomic mass is 9.94. The van der Waals surface area contributed by atoms with Crippen molar-refractivity contribution in [3.8, 4) is 10.6 Å². The van der Waals surface area contributed by atoms with Crippen LogP contribution in [0, 0.1) is 0 Å². The quantitative estimate of drug-likeness (QED) is 0.719. The van der Waals surface area contributed by atoms with Crippen LogP contribution in [0.1, 0.15) is 58.9 Å². The molecule has 0 aromatic carbocycles. The molecule has 0 unspecified atom stereocenters. The zero-order valence-corrected chi connectivity index (χ0v) is 19.2. The van der Waals surface area contributed by atoms with E-state index in [1.54, 1.807) is 0 Å². The third-order valence-electron chi connectivity index (χ3n) is 5.91. The summed E-state index contributed by atoms with van der Waals surface area (Å²) in [5.41, 5.74) is 6.19. The zero-order valence-electron chi connectivity index (χ0n) is 24.4. The fraction of sp³-hybridized carbons (Fsp3) is 0.591. The van der Waals surface area contributed by atoms with E-state index in [0.29, 0.717) is 25.1 Å². The molecule has 172 valence electrons. The first-order valence-corrected chi connectivity index (χ1v) is 11.3. The summed E-state index contributed by atoms with van der Waals surface area (Å²) >= 11 is 1.25. The van der Waals surface area contributed by atoms with Crippen LogP contribution in [0.5, 0.6) is 0 Å². The van der Waals surface area contributed by atoms with Gasteiger partial charge in [0, 0.05) is 32.9 Å². The predicted octanol–water partition coefficient (Wildman–Crippen LogP) is 2.41. The molecular weight excluding hydrogens is 426 g/mol. The second kappa shape index (κ2) is 8.08. The van der Waals surface area contributed by atoms with Crippen molar-refractivity contribution in [3.63, 3.8) is 0 Å². The second-order valence-electron chi connectivity index (χ2n) is 9.28. The number of likely N-dealkylation sites (tertiary alicyclic amines) is 1. The van der Waals surface area contributed by atoms with Gasteiger partial charge in [-0.25, -0.2) is 19.7 Å². The predicted molar refractivity (Wildman–Crippen MR) is 125 cm³/mol. The molecule has 1 atom stereocenters. The molecule has 2 aromatic heterocycles. The van der Waals surface area contributed by atoms with Gasteiger partial charge in [-0.3, -0.25) is 10.1 Å². The van der Waals surface area contributed by atoms with Crippen molar-refractivity contribution >= 4 is 28.4 Å². The summed E-state index contributed by atoms with van der Waals surface area (Å²) in [5.74, 6) is -0.276. The minimum Gasteiger partial charge on any atom is -0.368 e. The lowest BCUT2D eigenvalue weighted by molar-refractivity contribution is -0.127. The number of rotatable bonds is 4. The molecule has 32 heavy (non-hydrogen) atoms. The molecule has 0 bridgehead atoms. The van der Waals surface area contributed by atoms with Crippen LogP contribution in [0.25, 0.3) is 10.6 Å². The van der Waals surface area contributed by atoms with E-state index in [9.17, 15) is 9.59 Å². The first-order chi connectivity index (χ1) is 17.4. The van der Waals surface area contributed by atoms with Gasteiger partial charge in [-0.15, -0.1) is 0 Å². The van der Waals surface area contributed by atoms with Crippen LogP contribution in [0.2, 0.25) is 0 Å². The Hall–Kier alpha value is -2.59. The minimum atomic E-state index is -3.03. The first kappa shape index (κ1) is 16.1. The van der Waals surface area contributed by atoms with Gasteiger partial charge in [-0.1, -0.05) is 32.1 Å². The monoisotopic (exact) mass is 463 g/mol. The van der Waals surface area contributed by atoms with E-state index in [0.717, 1.165) is 26.7 Å². The number of nitrogens with two attached hydrogens (primary N) is 1. The number of hydrogen-bond acceptors (Lipinski definition) is 7. The highest BCUT2D eigenvalue weighted by atomic mass is 32.1. The number of nitrogens with zero attached hydrogens (tertiary/aromatic N) is 5. The van der Waals surface area contributed by atoms with Crippen molar-refractivity contribution < 1.29 is 17.8 Å². The standard InChI is InChI=1S/C22H31N7O2S/c1-21(2,3)18-24-11-13-7-8-14-16(15(13)26-18)32-19(25-14)27-20(31)29-10-6-9-22(29,17(23)30)12-28(4)5/h11H,6-10,12H2,1-5H3,(H2,23,30)(H,25,27,31)/t22-/m1/s1/i4D3,5D3. The largest absolute Gasteiger partial charge is 0.368 e. The summed E-state index contributed by atoms with van der Waals surface area (Å²) in [7, 11) is 0. The van der Waals surface area contributed by atoms with Crippen molar-refractivity contribution in [2.75, 3.05) is 32.4 Å². The molecule has 2 aliphatic rings. The number of urea groups is 1. The summed E-state index contributed by atoms with van der Waals surface area (Å²) < 4.78 is 46.1. The summed E-state index contributed by atoms with van der Waals surface area (Å²) in [6.07, 6.45) is 3.57. The molecule has 1 saturated heterocycles. The topological polar surface area (TPSA) is 117 Å². The number of fused-ring (bicyclic) bond motifs is 3. The van der Waals surface area contributed by atoms with Gasteiger partial charge in [0.1, 0.15) is 11.4 Å². The third kappa shape index (κ3) is 3.97. The molecule has 3 amide bonds. The van der Waals surface area contributed by atoms with Crippen molar-refractivity contribution in [1.82, 2.24) is 24.8 Å². The zero-order chi connectivity index (χ0) is 28.3. The smallest absolute Gasteiger partial charge is 0.324 e. The number of carbonyl (C=O) groups is 2. The van der Waals surface area contributed by atoms with Crippen molar-refractivity contribution in [2.24, 2.45) is 5.73 Å². The molecule has 10 heteroatoms. The maximum absolute atomic E-state index is 13.4. The SMILES string of the molecule is [2H]C([2H])([2H])N(C[C@@]1(C(N)=O)CCCN1C(=O)Nc1nc2c(s1)-c1nc(C(C)(C)C)ncc1CC2)C([2H])([2H])[2H]. The number of amides is 3. The molecule has 9 nitrogen and oxygen atoms in total. The van der Waals surface area contributed by atoms with Gasteiger partial charge in [0.2, 0.25) is 5.91 Å². The van der Waals surface area contributed by atoms with E-state index in [4.69, 9.17) is 18.9 Å². The van der Waals surface area contributed by atoms with Crippen molar-refractivity contribution in [3.05, 3.63) is 23.3 Å². The summed E-state index contributed by atoms with van der Waals surface area (Å²) in [4.78, 5) is 42.2. The Morgan fingerprint density at radius 3 is 2.81 bits per heavy atom. The van der Waals surface area contributed by atoms with Gasteiger partial charge >= 0.3 is 6.03 Å². The Morgan fingerprint density at radius 1 is 1.34 bits per heavy atom. The lowest BCUT2D eigenvalue weighted by Crippen LogP contribution is -2.61. The van der Waals surface area contributed by atoms with E-state index < -0.39 is 38.0 Å². The number of anilines is 1. The fourth-order valence-electron chi connectivity index (χ4n) is 4.25. The maximum atomic E-state index is 13.4. The molecule has 1 aliphatic heterocycles. The van der Waals surface area contributed by atoms with E-state index in [1.807, 2.05) is 27.0 Å². The average molecular weight is 464 g/mol. The second-order valence-corrected chi connectivity index (χ2v) is 10.3. The van der Waals surface area contributed by atoms with Gasteiger partial charge in [0.15, 0.2) is 5.13 Å². The molecule has 0 radical (unpaired) electrons. The fourth-order valence-corrected chi connectivity index (χ4v) is 5.28. The summed E-state index contributed by atoms with van der Waals surface area (Å²) in [6, 6.07) is -0.707. The van der Waals surface area contributed by atoms with Gasteiger partial charge in [-0.2, -0.15) is 0 Å². The summed E-state index contributed by atoms with van der Waals surface area (Å²) in [5, 5.41) is 3.01. The van der Waals surface area contributed by atoms with Crippen molar-refractivity contribution in [2.45, 2.75) is 57.4 Å². The van der Waals surface area contributed by atoms with Crippen LogP contribution in [0.4, 0.5) is 9.93 Å². The van der Waals surface area contributed by atoms with Gasteiger partial charge < -0.3 is 15.5 Å². The summed E-state index contributed by atoms with van der Waals surface area (Å²) in [6.45, 7) is -0.647. The van der Waals surface area contributed by atoms with Crippen LogP contribution in [-0.4, -0.2) is 69.3 Å². The van der Waals surface area contributed by atoms with Crippen LogP contribution in [-0.2, 0) is 23.1 Å². The Morgan fingerprint density at radius 2 is 2.12 bits per heavy atom. The first-order valence-electron chi connectivity index (χ1n) is 13.5. The average Bonchev–Trinajstić information content (AvgIpc) is 3.39. The molecule has 0 saturated carbocycles.